The number of benzene rings is 1. The fraction of sp³-hybridized carbons (Fsp3) is 0.429. The summed E-state index contributed by atoms with van der Waals surface area (Å²) in [5.41, 5.74) is 6.25. The molecule has 114 valence electrons. The number of hydrogen-bond acceptors (Lipinski definition) is 3. The Hall–Kier alpha value is -1.30. The van der Waals surface area contributed by atoms with Gasteiger partial charge in [0.25, 0.3) is 0 Å². The fourth-order valence-corrected chi connectivity index (χ4v) is 2.56. The molecule has 1 aliphatic heterocycles. The minimum Gasteiger partial charge on any atom is -0.344 e. The van der Waals surface area contributed by atoms with Gasteiger partial charge in [0, 0.05) is 24.7 Å². The molecule has 5 nitrogen and oxygen atoms in total. The molecule has 2 rings (SSSR count). The van der Waals surface area contributed by atoms with Crippen LogP contribution in [0.15, 0.2) is 18.2 Å². The second-order valence-corrected chi connectivity index (χ2v) is 5.99. The van der Waals surface area contributed by atoms with Gasteiger partial charge in [-0.3, -0.25) is 9.59 Å². The van der Waals surface area contributed by atoms with Crippen LogP contribution < -0.4 is 16.0 Å². The van der Waals surface area contributed by atoms with Crippen LogP contribution in [0.2, 0.25) is 10.0 Å². The maximum absolute atomic E-state index is 12.3. The van der Waals surface area contributed by atoms with Crippen LogP contribution >= 0.6 is 23.2 Å². The highest BCUT2D eigenvalue weighted by atomic mass is 35.5. The molecule has 2 amide bonds. The SMILES string of the molecule is CC(N)CC(=O)NC1CCN(c2ccc(Cl)c(Cl)c2)C1=O. The fourth-order valence-electron chi connectivity index (χ4n) is 2.27. The molecular formula is C14H17Cl2N3O2. The summed E-state index contributed by atoms with van der Waals surface area (Å²) in [6, 6.07) is 4.29. The summed E-state index contributed by atoms with van der Waals surface area (Å²) in [6.07, 6.45) is 0.764. The number of nitrogens with one attached hydrogen (secondary N) is 1. The van der Waals surface area contributed by atoms with E-state index in [2.05, 4.69) is 5.32 Å². The molecule has 0 aliphatic carbocycles. The highest BCUT2D eigenvalue weighted by Gasteiger charge is 2.33. The van der Waals surface area contributed by atoms with E-state index < -0.39 is 6.04 Å². The van der Waals surface area contributed by atoms with Gasteiger partial charge < -0.3 is 16.0 Å². The van der Waals surface area contributed by atoms with Gasteiger partial charge in [-0.1, -0.05) is 23.2 Å². The highest BCUT2D eigenvalue weighted by molar-refractivity contribution is 6.42. The van der Waals surface area contributed by atoms with Crippen LogP contribution in [-0.2, 0) is 9.59 Å². The Kier molecular flexibility index (Phi) is 5.08. The van der Waals surface area contributed by atoms with E-state index in [1.807, 2.05) is 0 Å². The smallest absolute Gasteiger partial charge is 0.249 e. The lowest BCUT2D eigenvalue weighted by atomic mass is 10.2. The summed E-state index contributed by atoms with van der Waals surface area (Å²) in [4.78, 5) is 25.6. The maximum Gasteiger partial charge on any atom is 0.249 e. The van der Waals surface area contributed by atoms with Crippen molar-refractivity contribution < 1.29 is 9.59 Å². The van der Waals surface area contributed by atoms with Gasteiger partial charge in [-0.05, 0) is 31.5 Å². The number of amides is 2. The van der Waals surface area contributed by atoms with Crippen molar-refractivity contribution in [2.45, 2.75) is 31.8 Å². The lowest BCUT2D eigenvalue weighted by Crippen LogP contribution is -2.43. The molecule has 1 fully saturated rings. The second kappa shape index (κ2) is 6.64. The van der Waals surface area contributed by atoms with Gasteiger partial charge in [0.1, 0.15) is 6.04 Å². The summed E-state index contributed by atoms with van der Waals surface area (Å²) < 4.78 is 0. The molecule has 0 spiro atoms. The molecule has 0 bridgehead atoms. The number of rotatable bonds is 4. The van der Waals surface area contributed by atoms with Gasteiger partial charge >= 0.3 is 0 Å². The first-order valence-electron chi connectivity index (χ1n) is 6.70. The van der Waals surface area contributed by atoms with E-state index in [1.165, 1.54) is 0 Å². The molecule has 1 aromatic carbocycles. The number of hydrogen-bond donors (Lipinski definition) is 2. The van der Waals surface area contributed by atoms with Crippen molar-refractivity contribution in [3.63, 3.8) is 0 Å². The predicted octanol–water partition coefficient (Wildman–Crippen LogP) is 1.95. The molecule has 1 aromatic rings. The standard InChI is InChI=1S/C14H17Cl2N3O2/c1-8(17)6-13(20)18-12-4-5-19(14(12)21)9-2-3-10(15)11(16)7-9/h2-3,7-8,12H,4-6,17H2,1H3,(H,18,20). The van der Waals surface area contributed by atoms with Crippen LogP contribution in [0.1, 0.15) is 19.8 Å². The van der Waals surface area contributed by atoms with Gasteiger partial charge in [0.2, 0.25) is 11.8 Å². The molecule has 3 N–H and O–H groups in total. The Morgan fingerprint density at radius 3 is 2.81 bits per heavy atom. The molecule has 2 unspecified atom stereocenters. The summed E-state index contributed by atoms with van der Waals surface area (Å²) in [5.74, 6) is -0.356. The van der Waals surface area contributed by atoms with Crippen molar-refractivity contribution >= 4 is 40.7 Å². The molecule has 1 saturated heterocycles. The quantitative estimate of drug-likeness (QED) is 0.886. The molecule has 0 radical (unpaired) electrons. The van der Waals surface area contributed by atoms with Gasteiger partial charge in [-0.2, -0.15) is 0 Å². The van der Waals surface area contributed by atoms with Crippen LogP contribution in [-0.4, -0.2) is 30.4 Å². The Bertz CT molecular complexity index is 563. The van der Waals surface area contributed by atoms with Crippen molar-refractivity contribution in [2.75, 3.05) is 11.4 Å². The number of nitrogens with two attached hydrogens (primary N) is 1. The molecule has 7 heteroatoms. The summed E-state index contributed by atoms with van der Waals surface area (Å²) in [6.45, 7) is 2.28. The molecular weight excluding hydrogens is 313 g/mol. The number of carbonyl (C=O) groups is 2. The van der Waals surface area contributed by atoms with Crippen LogP contribution in [0.3, 0.4) is 0 Å². The van der Waals surface area contributed by atoms with Crippen molar-refractivity contribution in [1.29, 1.82) is 0 Å². The van der Waals surface area contributed by atoms with E-state index in [0.717, 1.165) is 0 Å². The first kappa shape index (κ1) is 16.1. The van der Waals surface area contributed by atoms with E-state index >= 15 is 0 Å². The van der Waals surface area contributed by atoms with Crippen molar-refractivity contribution in [2.24, 2.45) is 5.73 Å². The minimum atomic E-state index is -0.509. The zero-order chi connectivity index (χ0) is 15.6. The van der Waals surface area contributed by atoms with Gasteiger partial charge in [-0.25, -0.2) is 0 Å². The van der Waals surface area contributed by atoms with Crippen molar-refractivity contribution in [3.8, 4) is 0 Å². The number of anilines is 1. The lowest BCUT2D eigenvalue weighted by molar-refractivity contribution is -0.126. The lowest BCUT2D eigenvalue weighted by Gasteiger charge is -2.18. The average Bonchev–Trinajstić information content (AvgIpc) is 2.74. The topological polar surface area (TPSA) is 75.4 Å². The summed E-state index contributed by atoms with van der Waals surface area (Å²) >= 11 is 11.8. The zero-order valence-corrected chi connectivity index (χ0v) is 13.1. The van der Waals surface area contributed by atoms with Crippen LogP contribution in [0.4, 0.5) is 5.69 Å². The van der Waals surface area contributed by atoms with Gasteiger partial charge in [0.15, 0.2) is 0 Å². The zero-order valence-electron chi connectivity index (χ0n) is 11.6. The first-order valence-corrected chi connectivity index (χ1v) is 7.45. The molecule has 2 atom stereocenters. The van der Waals surface area contributed by atoms with Crippen LogP contribution in [0.25, 0.3) is 0 Å². The Morgan fingerprint density at radius 1 is 1.48 bits per heavy atom. The largest absolute Gasteiger partial charge is 0.344 e. The maximum atomic E-state index is 12.3. The number of carbonyl (C=O) groups excluding carboxylic acids is 2. The number of nitrogens with zero attached hydrogens (tertiary/aromatic N) is 1. The Labute approximate surface area is 133 Å². The van der Waals surface area contributed by atoms with Crippen molar-refractivity contribution in [1.82, 2.24) is 5.32 Å². The van der Waals surface area contributed by atoms with Crippen LogP contribution in [0, 0.1) is 0 Å². The van der Waals surface area contributed by atoms with E-state index in [1.54, 1.807) is 30.0 Å². The third kappa shape index (κ3) is 3.87. The summed E-state index contributed by atoms with van der Waals surface area (Å²) in [5, 5.41) is 3.55. The summed E-state index contributed by atoms with van der Waals surface area (Å²) in [7, 11) is 0. The molecule has 0 saturated carbocycles. The van der Waals surface area contributed by atoms with Crippen LogP contribution in [0.5, 0.6) is 0 Å². The normalized spacial score (nSPS) is 19.7. The van der Waals surface area contributed by atoms with E-state index in [9.17, 15) is 9.59 Å². The number of halogens is 2. The molecule has 1 heterocycles. The molecule has 21 heavy (non-hydrogen) atoms. The van der Waals surface area contributed by atoms with E-state index in [-0.39, 0.29) is 24.3 Å². The molecule has 1 aliphatic rings. The Balaban J connectivity index is 2.04. The second-order valence-electron chi connectivity index (χ2n) is 5.18. The Morgan fingerprint density at radius 2 is 2.19 bits per heavy atom. The highest BCUT2D eigenvalue weighted by Crippen LogP contribution is 2.29. The molecule has 0 aromatic heterocycles. The van der Waals surface area contributed by atoms with E-state index in [4.69, 9.17) is 28.9 Å². The monoisotopic (exact) mass is 329 g/mol. The van der Waals surface area contributed by atoms with Gasteiger partial charge in [-0.15, -0.1) is 0 Å². The average molecular weight is 330 g/mol. The van der Waals surface area contributed by atoms with Gasteiger partial charge in [0.05, 0.1) is 10.0 Å². The third-order valence-electron chi connectivity index (χ3n) is 3.26. The van der Waals surface area contributed by atoms with Crippen molar-refractivity contribution in [3.05, 3.63) is 28.2 Å². The minimum absolute atomic E-state index is 0.147. The third-order valence-corrected chi connectivity index (χ3v) is 4.00. The predicted molar refractivity (Wildman–Crippen MR) is 83.6 cm³/mol. The first-order chi connectivity index (χ1) is 9.88. The van der Waals surface area contributed by atoms with E-state index in [0.29, 0.717) is 28.7 Å².